The topological polar surface area (TPSA) is 49.3 Å². The fourth-order valence-corrected chi connectivity index (χ4v) is 2.92. The first-order valence-corrected chi connectivity index (χ1v) is 7.17. The lowest BCUT2D eigenvalue weighted by Crippen LogP contribution is -2.42. The quantitative estimate of drug-likeness (QED) is 0.832. The molecule has 0 unspecified atom stereocenters. The van der Waals surface area contributed by atoms with Gasteiger partial charge in [0.2, 0.25) is 0 Å². The molecule has 0 bridgehead atoms. The van der Waals surface area contributed by atoms with Crippen molar-refractivity contribution in [1.82, 2.24) is 5.32 Å². The van der Waals surface area contributed by atoms with Crippen molar-refractivity contribution in [3.8, 4) is 0 Å². The zero-order valence-electron chi connectivity index (χ0n) is 12.5. The second-order valence-corrected chi connectivity index (χ2v) is 5.85. The molecule has 0 heterocycles. The van der Waals surface area contributed by atoms with Gasteiger partial charge in [0.1, 0.15) is 0 Å². The first-order chi connectivity index (χ1) is 9.41. The van der Waals surface area contributed by atoms with E-state index in [9.17, 15) is 9.90 Å². The van der Waals surface area contributed by atoms with Gasteiger partial charge in [-0.05, 0) is 51.2 Å². The summed E-state index contributed by atoms with van der Waals surface area (Å²) in [5, 5.41) is 13.2. The molecule has 0 fully saturated rings. The minimum absolute atomic E-state index is 0.104. The maximum atomic E-state index is 12.3. The van der Waals surface area contributed by atoms with E-state index in [0.29, 0.717) is 6.42 Å². The van der Waals surface area contributed by atoms with Gasteiger partial charge in [0.15, 0.2) is 0 Å². The maximum absolute atomic E-state index is 12.3. The van der Waals surface area contributed by atoms with Crippen LogP contribution in [0, 0.1) is 20.8 Å². The third-order valence-electron chi connectivity index (χ3n) is 3.87. The van der Waals surface area contributed by atoms with E-state index in [-0.39, 0.29) is 12.5 Å². The van der Waals surface area contributed by atoms with Crippen molar-refractivity contribution in [1.29, 1.82) is 0 Å². The Morgan fingerprint density at radius 3 is 2.50 bits per heavy atom. The van der Waals surface area contributed by atoms with E-state index < -0.39 is 5.60 Å². The van der Waals surface area contributed by atoms with Gasteiger partial charge in [0.25, 0.3) is 5.91 Å². The standard InChI is InChI=1S/C17H23NO2/c1-12-9-13(2)15(14(3)10-12)16(19)18-11-17(20)7-5-4-6-8-17/h5,7,9-10,20H,4,6,8,11H2,1-3H3,(H,18,19)/t17-/m1/s1. The molecule has 1 amide bonds. The van der Waals surface area contributed by atoms with Crippen molar-refractivity contribution in [3.05, 3.63) is 46.5 Å². The summed E-state index contributed by atoms with van der Waals surface area (Å²) in [6.45, 7) is 6.20. The number of aryl methyl sites for hydroxylation is 3. The third-order valence-corrected chi connectivity index (χ3v) is 3.87. The Morgan fingerprint density at radius 1 is 1.30 bits per heavy atom. The average molecular weight is 273 g/mol. The van der Waals surface area contributed by atoms with E-state index in [1.807, 2.05) is 45.1 Å². The number of benzene rings is 1. The maximum Gasteiger partial charge on any atom is 0.251 e. The summed E-state index contributed by atoms with van der Waals surface area (Å²) in [6, 6.07) is 4.02. The van der Waals surface area contributed by atoms with Crippen molar-refractivity contribution in [3.63, 3.8) is 0 Å². The van der Waals surface area contributed by atoms with Gasteiger partial charge in [0, 0.05) is 5.56 Å². The second-order valence-electron chi connectivity index (χ2n) is 5.85. The van der Waals surface area contributed by atoms with Crippen LogP contribution in [-0.2, 0) is 0 Å². The number of carbonyl (C=O) groups excluding carboxylic acids is 1. The summed E-state index contributed by atoms with van der Waals surface area (Å²) in [4.78, 5) is 12.3. The fourth-order valence-electron chi connectivity index (χ4n) is 2.92. The Morgan fingerprint density at radius 2 is 1.95 bits per heavy atom. The first kappa shape index (κ1) is 14.8. The Hall–Kier alpha value is -1.61. The molecule has 1 atom stereocenters. The molecule has 2 rings (SSSR count). The molecule has 0 radical (unpaired) electrons. The average Bonchev–Trinajstić information content (AvgIpc) is 2.36. The van der Waals surface area contributed by atoms with Crippen LogP contribution in [0.1, 0.15) is 46.3 Å². The van der Waals surface area contributed by atoms with E-state index in [0.717, 1.165) is 35.1 Å². The van der Waals surface area contributed by atoms with Gasteiger partial charge in [-0.15, -0.1) is 0 Å². The highest BCUT2D eigenvalue weighted by molar-refractivity contribution is 5.97. The fraction of sp³-hybridized carbons (Fsp3) is 0.471. The highest BCUT2D eigenvalue weighted by Gasteiger charge is 2.26. The van der Waals surface area contributed by atoms with Crippen LogP contribution in [0.3, 0.4) is 0 Å². The summed E-state index contributed by atoms with van der Waals surface area (Å²) in [5.74, 6) is -0.104. The van der Waals surface area contributed by atoms with Gasteiger partial charge in [-0.25, -0.2) is 0 Å². The number of amides is 1. The van der Waals surface area contributed by atoms with Gasteiger partial charge in [-0.1, -0.05) is 29.8 Å². The van der Waals surface area contributed by atoms with E-state index in [2.05, 4.69) is 5.32 Å². The molecule has 1 aromatic carbocycles. The van der Waals surface area contributed by atoms with Crippen molar-refractivity contribution in [2.24, 2.45) is 0 Å². The number of allylic oxidation sites excluding steroid dienone is 1. The van der Waals surface area contributed by atoms with Gasteiger partial charge < -0.3 is 10.4 Å². The number of hydrogen-bond acceptors (Lipinski definition) is 2. The van der Waals surface area contributed by atoms with E-state index in [4.69, 9.17) is 0 Å². The summed E-state index contributed by atoms with van der Waals surface area (Å²) in [7, 11) is 0. The molecule has 1 aliphatic carbocycles. The summed E-state index contributed by atoms with van der Waals surface area (Å²) >= 11 is 0. The van der Waals surface area contributed by atoms with E-state index in [1.54, 1.807) is 0 Å². The number of nitrogens with one attached hydrogen (secondary N) is 1. The van der Waals surface area contributed by atoms with Crippen LogP contribution in [-0.4, -0.2) is 23.2 Å². The van der Waals surface area contributed by atoms with E-state index in [1.165, 1.54) is 0 Å². The molecule has 3 heteroatoms. The first-order valence-electron chi connectivity index (χ1n) is 7.17. The lowest BCUT2D eigenvalue weighted by atomic mass is 9.91. The minimum Gasteiger partial charge on any atom is -0.384 e. The van der Waals surface area contributed by atoms with Crippen LogP contribution in [0.5, 0.6) is 0 Å². The molecule has 3 nitrogen and oxygen atoms in total. The predicted molar refractivity (Wildman–Crippen MR) is 80.9 cm³/mol. The number of rotatable bonds is 3. The molecule has 1 aliphatic rings. The van der Waals surface area contributed by atoms with Crippen LogP contribution in [0.2, 0.25) is 0 Å². The molecule has 0 aromatic heterocycles. The number of carbonyl (C=O) groups is 1. The van der Waals surface area contributed by atoms with Crippen molar-refractivity contribution in [2.75, 3.05) is 6.54 Å². The molecule has 0 saturated heterocycles. The molecule has 0 spiro atoms. The SMILES string of the molecule is Cc1cc(C)c(C(=O)NC[C@@]2(O)C=CCCC2)c(C)c1. The van der Waals surface area contributed by atoms with Crippen molar-refractivity contribution in [2.45, 2.75) is 45.6 Å². The van der Waals surface area contributed by atoms with Crippen molar-refractivity contribution < 1.29 is 9.90 Å². The normalized spacial score (nSPS) is 21.8. The summed E-state index contributed by atoms with van der Waals surface area (Å²) in [6.07, 6.45) is 6.47. The monoisotopic (exact) mass is 273 g/mol. The minimum atomic E-state index is -0.888. The molecular weight excluding hydrogens is 250 g/mol. The van der Waals surface area contributed by atoms with Crippen LogP contribution in [0.4, 0.5) is 0 Å². The summed E-state index contributed by atoms with van der Waals surface area (Å²) < 4.78 is 0. The summed E-state index contributed by atoms with van der Waals surface area (Å²) in [5.41, 5.74) is 2.95. The second kappa shape index (κ2) is 5.80. The molecule has 0 aliphatic heterocycles. The number of hydrogen-bond donors (Lipinski definition) is 2. The number of aliphatic hydroxyl groups is 1. The van der Waals surface area contributed by atoms with Gasteiger partial charge in [-0.3, -0.25) is 4.79 Å². The van der Waals surface area contributed by atoms with Crippen molar-refractivity contribution >= 4 is 5.91 Å². The molecular formula is C17H23NO2. The van der Waals surface area contributed by atoms with E-state index >= 15 is 0 Å². The largest absolute Gasteiger partial charge is 0.384 e. The highest BCUT2D eigenvalue weighted by atomic mass is 16.3. The molecule has 1 aromatic rings. The van der Waals surface area contributed by atoms with Gasteiger partial charge in [-0.2, -0.15) is 0 Å². The molecule has 0 saturated carbocycles. The Labute approximate surface area is 120 Å². The van der Waals surface area contributed by atoms with Crippen LogP contribution in [0.25, 0.3) is 0 Å². The van der Waals surface area contributed by atoms with Gasteiger partial charge >= 0.3 is 0 Å². The van der Waals surface area contributed by atoms with Crippen LogP contribution >= 0.6 is 0 Å². The van der Waals surface area contributed by atoms with Gasteiger partial charge in [0.05, 0.1) is 12.1 Å². The predicted octanol–water partition coefficient (Wildman–Crippen LogP) is 2.81. The third kappa shape index (κ3) is 3.28. The Kier molecular flexibility index (Phi) is 4.29. The Balaban J connectivity index is 2.09. The lowest BCUT2D eigenvalue weighted by Gasteiger charge is -2.27. The smallest absolute Gasteiger partial charge is 0.251 e. The Bertz CT molecular complexity index is 525. The molecule has 108 valence electrons. The molecule has 2 N–H and O–H groups in total. The highest BCUT2D eigenvalue weighted by Crippen LogP contribution is 2.22. The molecule has 20 heavy (non-hydrogen) atoms. The zero-order valence-corrected chi connectivity index (χ0v) is 12.5. The van der Waals surface area contributed by atoms with Crippen LogP contribution in [0.15, 0.2) is 24.3 Å². The van der Waals surface area contributed by atoms with Crippen LogP contribution < -0.4 is 5.32 Å². The zero-order chi connectivity index (χ0) is 14.8. The lowest BCUT2D eigenvalue weighted by molar-refractivity contribution is 0.0659.